The van der Waals surface area contributed by atoms with Crippen molar-refractivity contribution in [3.05, 3.63) is 23.8 Å². The van der Waals surface area contributed by atoms with Crippen molar-refractivity contribution in [3.63, 3.8) is 0 Å². The van der Waals surface area contributed by atoms with Gasteiger partial charge < -0.3 is 14.8 Å². The van der Waals surface area contributed by atoms with Gasteiger partial charge in [0, 0.05) is 23.2 Å². The Morgan fingerprint density at radius 1 is 1.17 bits per heavy atom. The lowest BCUT2D eigenvalue weighted by atomic mass is 10.1. The van der Waals surface area contributed by atoms with E-state index >= 15 is 0 Å². The third kappa shape index (κ3) is 8.30. The minimum Gasteiger partial charge on any atom is -0.465 e. The molecule has 1 aromatic rings. The van der Waals surface area contributed by atoms with Crippen molar-refractivity contribution >= 4 is 44.8 Å². The van der Waals surface area contributed by atoms with E-state index in [4.69, 9.17) is 0 Å². The smallest absolute Gasteiger partial charge is 0.417 e. The quantitative estimate of drug-likeness (QED) is 0.422. The summed E-state index contributed by atoms with van der Waals surface area (Å²) in [6.45, 7) is 6.59. The van der Waals surface area contributed by atoms with Gasteiger partial charge in [-0.15, -0.1) is 0 Å². The number of methoxy groups -OCH3 is 1. The SMILES string of the molecule is CCOC(=O)NSC(=O)CNc1ccc(C(=O)OC)c(S(=O)(=O)NC(C)(C)C)c1. The topological polar surface area (TPSA) is 140 Å². The van der Waals surface area contributed by atoms with E-state index in [0.717, 1.165) is 7.11 Å². The van der Waals surface area contributed by atoms with Gasteiger partial charge in [0.2, 0.25) is 15.1 Å². The first-order chi connectivity index (χ1) is 13.4. The number of hydrogen-bond donors (Lipinski definition) is 3. The van der Waals surface area contributed by atoms with Crippen molar-refractivity contribution < 1.29 is 32.3 Å². The molecule has 1 rings (SSSR count). The maximum atomic E-state index is 12.7. The molecule has 162 valence electrons. The van der Waals surface area contributed by atoms with Crippen LogP contribution in [-0.2, 0) is 24.3 Å². The number of carbonyl (C=O) groups is 3. The van der Waals surface area contributed by atoms with Crippen molar-refractivity contribution in [1.29, 1.82) is 0 Å². The van der Waals surface area contributed by atoms with Crippen LogP contribution in [0, 0.1) is 0 Å². The van der Waals surface area contributed by atoms with E-state index in [9.17, 15) is 22.8 Å². The monoisotopic (exact) mass is 447 g/mol. The van der Waals surface area contributed by atoms with E-state index in [1.807, 2.05) is 0 Å². The van der Waals surface area contributed by atoms with E-state index in [1.54, 1.807) is 27.7 Å². The zero-order valence-electron chi connectivity index (χ0n) is 16.8. The summed E-state index contributed by atoms with van der Waals surface area (Å²) in [5.74, 6) is -0.809. The number of carbonyl (C=O) groups excluding carboxylic acids is 3. The predicted octanol–water partition coefficient (Wildman–Crippen LogP) is 1.88. The van der Waals surface area contributed by atoms with Gasteiger partial charge >= 0.3 is 12.1 Å². The van der Waals surface area contributed by atoms with Crippen molar-refractivity contribution in [2.45, 2.75) is 38.1 Å². The normalized spacial score (nSPS) is 11.5. The standard InChI is InChI=1S/C17H25N3O7S2/c1-6-27-16(23)19-28-14(21)10-18-11-7-8-12(15(22)26-5)13(9-11)29(24,25)20-17(2,3)4/h7-9,18,20H,6,10H2,1-5H3,(H,19,23). The van der Waals surface area contributed by atoms with Crippen LogP contribution in [0.5, 0.6) is 0 Å². The molecule has 0 radical (unpaired) electrons. The van der Waals surface area contributed by atoms with Crippen LogP contribution in [-0.4, -0.2) is 51.4 Å². The van der Waals surface area contributed by atoms with Crippen LogP contribution in [0.2, 0.25) is 0 Å². The average Bonchev–Trinajstić information content (AvgIpc) is 2.62. The molecule has 29 heavy (non-hydrogen) atoms. The van der Waals surface area contributed by atoms with Gasteiger partial charge in [-0.3, -0.25) is 9.52 Å². The number of rotatable bonds is 7. The van der Waals surface area contributed by atoms with Crippen molar-refractivity contribution in [2.75, 3.05) is 25.6 Å². The first-order valence-corrected chi connectivity index (χ1v) is 10.8. The third-order valence-electron chi connectivity index (χ3n) is 3.08. The Labute approximate surface area is 174 Å². The van der Waals surface area contributed by atoms with Gasteiger partial charge in [0.25, 0.3) is 0 Å². The molecule has 0 heterocycles. The molecular weight excluding hydrogens is 422 g/mol. The fraction of sp³-hybridized carbons (Fsp3) is 0.471. The molecule has 10 nitrogen and oxygen atoms in total. The van der Waals surface area contributed by atoms with Crippen molar-refractivity contribution in [3.8, 4) is 0 Å². The summed E-state index contributed by atoms with van der Waals surface area (Å²) < 4.78 is 39.4. The fourth-order valence-corrected chi connectivity index (χ4v) is 4.10. The summed E-state index contributed by atoms with van der Waals surface area (Å²) in [6.07, 6.45) is -0.741. The molecule has 0 aromatic heterocycles. The molecule has 0 unspecified atom stereocenters. The third-order valence-corrected chi connectivity index (χ3v) is 5.52. The summed E-state index contributed by atoms with van der Waals surface area (Å²) in [5.41, 5.74) is -0.627. The maximum Gasteiger partial charge on any atom is 0.417 e. The molecule has 12 heteroatoms. The van der Waals surface area contributed by atoms with Gasteiger partial charge in [-0.25, -0.2) is 22.7 Å². The van der Waals surface area contributed by atoms with E-state index in [0.29, 0.717) is 11.9 Å². The Morgan fingerprint density at radius 3 is 2.38 bits per heavy atom. The predicted molar refractivity (Wildman–Crippen MR) is 109 cm³/mol. The molecular formula is C17H25N3O7S2. The molecule has 0 spiro atoms. The Morgan fingerprint density at radius 2 is 1.83 bits per heavy atom. The van der Waals surface area contributed by atoms with Crippen molar-refractivity contribution in [1.82, 2.24) is 9.44 Å². The Balaban J connectivity index is 3.00. The highest BCUT2D eigenvalue weighted by Crippen LogP contribution is 2.23. The number of anilines is 1. The van der Waals surface area contributed by atoms with Gasteiger partial charge in [-0.2, -0.15) is 0 Å². The van der Waals surface area contributed by atoms with Crippen LogP contribution in [0.1, 0.15) is 38.1 Å². The number of amides is 1. The molecule has 0 aliphatic carbocycles. The number of nitrogens with one attached hydrogen (secondary N) is 3. The molecule has 1 amide bonds. The van der Waals surface area contributed by atoms with E-state index < -0.39 is 32.7 Å². The van der Waals surface area contributed by atoms with Crippen LogP contribution in [0.4, 0.5) is 10.5 Å². The fourth-order valence-electron chi connectivity index (χ4n) is 2.06. The van der Waals surface area contributed by atoms with Crippen molar-refractivity contribution in [2.24, 2.45) is 0 Å². The number of sulfonamides is 1. The Kier molecular flexibility index (Phi) is 8.92. The van der Waals surface area contributed by atoms with E-state index in [-0.39, 0.29) is 29.3 Å². The number of hydrogen-bond acceptors (Lipinski definition) is 9. The van der Waals surface area contributed by atoms with Crippen LogP contribution < -0.4 is 14.8 Å². The van der Waals surface area contributed by atoms with Gasteiger partial charge in [0.1, 0.15) is 0 Å². The summed E-state index contributed by atoms with van der Waals surface area (Å²) in [5, 5.41) is 2.32. The van der Waals surface area contributed by atoms with Gasteiger partial charge in [0.05, 0.1) is 30.7 Å². The average molecular weight is 448 g/mol. The van der Waals surface area contributed by atoms with Gasteiger partial charge in [-0.05, 0) is 45.9 Å². The first-order valence-electron chi connectivity index (χ1n) is 8.52. The Bertz CT molecular complexity index is 864. The van der Waals surface area contributed by atoms with Gasteiger partial charge in [0.15, 0.2) is 0 Å². The second-order valence-electron chi connectivity index (χ2n) is 6.71. The molecule has 0 saturated heterocycles. The Hall–Kier alpha value is -2.31. The molecule has 3 N–H and O–H groups in total. The largest absolute Gasteiger partial charge is 0.465 e. The summed E-state index contributed by atoms with van der Waals surface area (Å²) >= 11 is 0.542. The molecule has 0 bridgehead atoms. The van der Waals surface area contributed by atoms with Crippen LogP contribution >= 0.6 is 11.9 Å². The highest BCUT2D eigenvalue weighted by molar-refractivity contribution is 8.12. The van der Waals surface area contributed by atoms with E-state index in [1.165, 1.54) is 18.2 Å². The molecule has 0 saturated carbocycles. The molecule has 0 aliphatic rings. The molecule has 0 aliphatic heterocycles. The van der Waals surface area contributed by atoms with Crippen LogP contribution in [0.3, 0.4) is 0 Å². The highest BCUT2D eigenvalue weighted by atomic mass is 32.2. The van der Waals surface area contributed by atoms with Crippen LogP contribution in [0.15, 0.2) is 23.1 Å². The van der Waals surface area contributed by atoms with Crippen LogP contribution in [0.25, 0.3) is 0 Å². The minimum absolute atomic E-state index is 0.139. The lowest BCUT2D eigenvalue weighted by Gasteiger charge is -2.21. The van der Waals surface area contributed by atoms with E-state index in [2.05, 4.69) is 24.2 Å². The zero-order valence-corrected chi connectivity index (χ0v) is 18.5. The second kappa shape index (κ2) is 10.5. The maximum absolute atomic E-state index is 12.7. The second-order valence-corrected chi connectivity index (χ2v) is 9.22. The number of esters is 1. The lowest BCUT2D eigenvalue weighted by molar-refractivity contribution is -0.109. The number of benzene rings is 1. The van der Waals surface area contributed by atoms with Gasteiger partial charge in [-0.1, -0.05) is 0 Å². The molecule has 1 aromatic carbocycles. The highest BCUT2D eigenvalue weighted by Gasteiger charge is 2.27. The molecule has 0 atom stereocenters. The summed E-state index contributed by atoms with van der Waals surface area (Å²) in [6, 6.07) is 3.97. The zero-order chi connectivity index (χ0) is 22.2. The number of ether oxygens (including phenoxy) is 2. The summed E-state index contributed by atoms with van der Waals surface area (Å²) in [7, 11) is -2.90. The lowest BCUT2D eigenvalue weighted by Crippen LogP contribution is -2.41. The minimum atomic E-state index is -4.05. The molecule has 0 fully saturated rings. The summed E-state index contributed by atoms with van der Waals surface area (Å²) in [4.78, 5) is 34.7. The first kappa shape index (κ1) is 24.7.